The van der Waals surface area contributed by atoms with Crippen LogP contribution in [-0.4, -0.2) is 22.5 Å². The molecule has 0 saturated heterocycles. The minimum absolute atomic E-state index is 0.0743. The van der Waals surface area contributed by atoms with E-state index in [2.05, 4.69) is 0 Å². The van der Waals surface area contributed by atoms with Gasteiger partial charge in [-0.05, 0) is 35.7 Å². The van der Waals surface area contributed by atoms with Crippen molar-refractivity contribution in [1.82, 2.24) is 4.90 Å². The molecule has 1 aliphatic heterocycles. The third-order valence-electron chi connectivity index (χ3n) is 3.47. The third kappa shape index (κ3) is 2.32. The summed E-state index contributed by atoms with van der Waals surface area (Å²) >= 11 is 0. The van der Waals surface area contributed by atoms with Crippen molar-refractivity contribution in [2.75, 3.05) is 6.54 Å². The molecule has 19 heavy (non-hydrogen) atoms. The molecule has 2 aromatic carbocycles. The van der Waals surface area contributed by atoms with E-state index in [1.165, 1.54) is 0 Å². The highest BCUT2D eigenvalue weighted by Gasteiger charge is 2.23. The van der Waals surface area contributed by atoms with Gasteiger partial charge >= 0.3 is 0 Å². The topological polar surface area (TPSA) is 40.5 Å². The molecular formula is C16H15NO2. The lowest BCUT2D eigenvalue weighted by atomic mass is 9.99. The Morgan fingerprint density at radius 3 is 2.79 bits per heavy atom. The van der Waals surface area contributed by atoms with E-state index in [-0.39, 0.29) is 11.7 Å². The lowest BCUT2D eigenvalue weighted by Gasteiger charge is -2.28. The van der Waals surface area contributed by atoms with Gasteiger partial charge in [0.1, 0.15) is 5.75 Å². The second-order valence-corrected chi connectivity index (χ2v) is 4.80. The van der Waals surface area contributed by atoms with Crippen LogP contribution in [0, 0.1) is 0 Å². The van der Waals surface area contributed by atoms with Crippen molar-refractivity contribution in [3.8, 4) is 5.75 Å². The summed E-state index contributed by atoms with van der Waals surface area (Å²) in [6.45, 7) is 1.27. The molecule has 0 aromatic heterocycles. The van der Waals surface area contributed by atoms with E-state index < -0.39 is 0 Å². The number of phenolic OH excluding ortho intramolecular Hbond substituents is 1. The number of carbonyl (C=O) groups excluding carboxylic acids is 1. The Balaban J connectivity index is 1.83. The van der Waals surface area contributed by atoms with Gasteiger partial charge in [-0.15, -0.1) is 0 Å². The van der Waals surface area contributed by atoms with Crippen LogP contribution in [0.4, 0.5) is 0 Å². The number of carbonyl (C=O) groups is 1. The highest BCUT2D eigenvalue weighted by atomic mass is 16.3. The first kappa shape index (κ1) is 11.8. The molecule has 1 aliphatic rings. The Kier molecular flexibility index (Phi) is 2.95. The fourth-order valence-electron chi connectivity index (χ4n) is 2.50. The van der Waals surface area contributed by atoms with Gasteiger partial charge in [0.2, 0.25) is 0 Å². The highest BCUT2D eigenvalue weighted by Crippen LogP contribution is 2.21. The zero-order valence-electron chi connectivity index (χ0n) is 10.5. The normalized spacial score (nSPS) is 14.3. The number of amides is 1. The first-order chi connectivity index (χ1) is 9.24. The maximum absolute atomic E-state index is 12.4. The van der Waals surface area contributed by atoms with Crippen LogP contribution in [0.15, 0.2) is 48.5 Å². The van der Waals surface area contributed by atoms with Crippen molar-refractivity contribution in [2.24, 2.45) is 0 Å². The maximum atomic E-state index is 12.4. The predicted octanol–water partition coefficient (Wildman–Crippen LogP) is 2.59. The lowest BCUT2D eigenvalue weighted by Crippen LogP contribution is -2.36. The molecule has 96 valence electrons. The zero-order chi connectivity index (χ0) is 13.2. The van der Waals surface area contributed by atoms with Crippen molar-refractivity contribution < 1.29 is 9.90 Å². The average molecular weight is 253 g/mol. The Hall–Kier alpha value is -2.29. The van der Waals surface area contributed by atoms with Gasteiger partial charge in [-0.1, -0.05) is 30.3 Å². The predicted molar refractivity (Wildman–Crippen MR) is 73.0 cm³/mol. The SMILES string of the molecule is O=C1c2ccccc2CCN1Cc1cccc(O)c1. The molecule has 3 nitrogen and oxygen atoms in total. The molecular weight excluding hydrogens is 238 g/mol. The Morgan fingerprint density at radius 1 is 1.11 bits per heavy atom. The van der Waals surface area contributed by atoms with Gasteiger partial charge in [0.05, 0.1) is 0 Å². The van der Waals surface area contributed by atoms with E-state index in [4.69, 9.17) is 0 Å². The lowest BCUT2D eigenvalue weighted by molar-refractivity contribution is 0.0727. The van der Waals surface area contributed by atoms with Crippen LogP contribution in [0.5, 0.6) is 5.75 Å². The van der Waals surface area contributed by atoms with Gasteiger partial charge in [0.15, 0.2) is 0 Å². The molecule has 0 unspecified atom stereocenters. The molecule has 0 bridgehead atoms. The molecule has 2 aromatic rings. The number of nitrogens with zero attached hydrogens (tertiary/aromatic N) is 1. The molecule has 0 fully saturated rings. The molecule has 0 atom stereocenters. The van der Waals surface area contributed by atoms with E-state index in [0.717, 1.165) is 29.7 Å². The van der Waals surface area contributed by atoms with Gasteiger partial charge in [-0.25, -0.2) is 0 Å². The number of benzene rings is 2. The number of aromatic hydroxyl groups is 1. The molecule has 1 amide bonds. The highest BCUT2D eigenvalue weighted by molar-refractivity contribution is 5.96. The minimum atomic E-state index is 0.0743. The summed E-state index contributed by atoms with van der Waals surface area (Å²) in [4.78, 5) is 14.2. The first-order valence-corrected chi connectivity index (χ1v) is 6.39. The Labute approximate surface area is 112 Å². The number of phenols is 1. The van der Waals surface area contributed by atoms with Gasteiger partial charge in [0.25, 0.3) is 5.91 Å². The van der Waals surface area contributed by atoms with Crippen LogP contribution in [-0.2, 0) is 13.0 Å². The molecule has 1 N–H and O–H groups in total. The van der Waals surface area contributed by atoms with Crippen molar-refractivity contribution in [2.45, 2.75) is 13.0 Å². The second-order valence-electron chi connectivity index (χ2n) is 4.80. The van der Waals surface area contributed by atoms with Gasteiger partial charge in [0, 0.05) is 18.7 Å². The second kappa shape index (κ2) is 4.76. The van der Waals surface area contributed by atoms with Crippen LogP contribution in [0.25, 0.3) is 0 Å². The third-order valence-corrected chi connectivity index (χ3v) is 3.47. The van der Waals surface area contributed by atoms with Crippen molar-refractivity contribution in [1.29, 1.82) is 0 Å². The maximum Gasteiger partial charge on any atom is 0.254 e. The molecule has 0 aliphatic carbocycles. The summed E-state index contributed by atoms with van der Waals surface area (Å²) in [5.74, 6) is 0.313. The fraction of sp³-hybridized carbons (Fsp3) is 0.188. The Morgan fingerprint density at radius 2 is 1.95 bits per heavy atom. The minimum Gasteiger partial charge on any atom is -0.508 e. The van der Waals surface area contributed by atoms with Crippen LogP contribution >= 0.6 is 0 Å². The standard InChI is InChI=1S/C16H15NO2/c18-14-6-3-4-12(10-14)11-17-9-8-13-5-1-2-7-15(13)16(17)19/h1-7,10,18H,8-9,11H2. The summed E-state index contributed by atoms with van der Waals surface area (Å²) < 4.78 is 0. The number of hydrogen-bond acceptors (Lipinski definition) is 2. The van der Waals surface area contributed by atoms with Gasteiger partial charge < -0.3 is 10.0 Å². The van der Waals surface area contributed by atoms with Crippen molar-refractivity contribution >= 4 is 5.91 Å². The number of fused-ring (bicyclic) bond motifs is 1. The summed E-state index contributed by atoms with van der Waals surface area (Å²) in [6.07, 6.45) is 0.890. The molecule has 1 heterocycles. The van der Waals surface area contributed by atoms with E-state index in [0.29, 0.717) is 6.54 Å². The Bertz CT molecular complexity index is 622. The van der Waals surface area contributed by atoms with Crippen LogP contribution in [0.1, 0.15) is 21.5 Å². The molecule has 0 saturated carbocycles. The van der Waals surface area contributed by atoms with Crippen LogP contribution in [0.2, 0.25) is 0 Å². The van der Waals surface area contributed by atoms with Gasteiger partial charge in [-0.3, -0.25) is 4.79 Å². The zero-order valence-corrected chi connectivity index (χ0v) is 10.5. The first-order valence-electron chi connectivity index (χ1n) is 6.39. The summed E-state index contributed by atoms with van der Waals surface area (Å²) in [5.41, 5.74) is 2.88. The quantitative estimate of drug-likeness (QED) is 0.893. The van der Waals surface area contributed by atoms with E-state index in [9.17, 15) is 9.90 Å². The number of rotatable bonds is 2. The monoisotopic (exact) mass is 253 g/mol. The van der Waals surface area contributed by atoms with E-state index in [1.807, 2.05) is 35.2 Å². The largest absolute Gasteiger partial charge is 0.508 e. The molecule has 3 rings (SSSR count). The van der Waals surface area contributed by atoms with Crippen LogP contribution in [0.3, 0.4) is 0 Å². The van der Waals surface area contributed by atoms with Gasteiger partial charge in [-0.2, -0.15) is 0 Å². The summed E-state index contributed by atoms with van der Waals surface area (Å²) in [5, 5.41) is 9.46. The van der Waals surface area contributed by atoms with Crippen molar-refractivity contribution in [3.05, 3.63) is 65.2 Å². The average Bonchev–Trinajstić information content (AvgIpc) is 2.42. The molecule has 0 radical (unpaired) electrons. The van der Waals surface area contributed by atoms with E-state index >= 15 is 0 Å². The van der Waals surface area contributed by atoms with Crippen molar-refractivity contribution in [3.63, 3.8) is 0 Å². The molecule has 3 heteroatoms. The van der Waals surface area contributed by atoms with E-state index in [1.54, 1.807) is 18.2 Å². The summed E-state index contributed by atoms with van der Waals surface area (Å²) in [7, 11) is 0. The molecule has 0 spiro atoms. The number of hydrogen-bond donors (Lipinski definition) is 1. The smallest absolute Gasteiger partial charge is 0.254 e. The fourth-order valence-corrected chi connectivity index (χ4v) is 2.50. The summed E-state index contributed by atoms with van der Waals surface area (Å²) in [6, 6.07) is 14.8. The van der Waals surface area contributed by atoms with Crippen LogP contribution < -0.4 is 0 Å².